The van der Waals surface area contributed by atoms with Crippen molar-refractivity contribution in [3.05, 3.63) is 34.0 Å². The van der Waals surface area contributed by atoms with E-state index in [1.807, 2.05) is 23.3 Å². The summed E-state index contributed by atoms with van der Waals surface area (Å²) in [6.45, 7) is 3.54. The molecule has 2 aromatic heterocycles. The van der Waals surface area contributed by atoms with Crippen LogP contribution in [0.5, 0.6) is 0 Å². The lowest BCUT2D eigenvalue weighted by molar-refractivity contribution is 0.135. The summed E-state index contributed by atoms with van der Waals surface area (Å²) in [5.74, 6) is 0.405. The average molecular weight is 278 g/mol. The van der Waals surface area contributed by atoms with Gasteiger partial charge in [-0.25, -0.2) is 4.98 Å². The van der Waals surface area contributed by atoms with Crippen LogP contribution in [-0.2, 0) is 24.9 Å². The summed E-state index contributed by atoms with van der Waals surface area (Å²) in [7, 11) is 3.74. The first-order valence-electron chi connectivity index (χ1n) is 6.38. The van der Waals surface area contributed by atoms with Crippen molar-refractivity contribution in [2.45, 2.75) is 19.0 Å². The highest BCUT2D eigenvalue weighted by Gasteiger charge is 2.28. The van der Waals surface area contributed by atoms with Crippen LogP contribution in [-0.4, -0.2) is 39.9 Å². The second-order valence-electron chi connectivity index (χ2n) is 4.95. The quantitative estimate of drug-likeness (QED) is 0.852. The molecule has 0 aromatic carbocycles. The molecule has 0 saturated carbocycles. The van der Waals surface area contributed by atoms with E-state index in [2.05, 4.69) is 21.2 Å². The predicted octanol–water partition coefficient (Wildman–Crippen LogP) is 1.62. The van der Waals surface area contributed by atoms with Crippen LogP contribution in [0.15, 0.2) is 17.8 Å². The molecule has 0 bridgehead atoms. The standard InChI is InChI=1S/C13H18N4OS/c1-16-6-11-10(9-18-2)5-17(7-12(11)15-16)8-13-14-3-4-19-13/h3-4,6,10H,5,7-9H2,1-2H3. The molecule has 6 heteroatoms. The highest BCUT2D eigenvalue weighted by atomic mass is 32.1. The summed E-state index contributed by atoms with van der Waals surface area (Å²) in [5.41, 5.74) is 2.51. The van der Waals surface area contributed by atoms with Crippen molar-refractivity contribution in [2.75, 3.05) is 20.3 Å². The minimum Gasteiger partial charge on any atom is -0.384 e. The van der Waals surface area contributed by atoms with E-state index in [1.165, 1.54) is 11.3 Å². The average Bonchev–Trinajstić information content (AvgIpc) is 2.98. The molecule has 19 heavy (non-hydrogen) atoms. The van der Waals surface area contributed by atoms with Gasteiger partial charge in [-0.2, -0.15) is 5.10 Å². The molecule has 3 rings (SSSR count). The summed E-state index contributed by atoms with van der Waals surface area (Å²) < 4.78 is 7.26. The van der Waals surface area contributed by atoms with Gasteiger partial charge in [0.1, 0.15) is 5.01 Å². The van der Waals surface area contributed by atoms with Gasteiger partial charge in [0.05, 0.1) is 18.8 Å². The Morgan fingerprint density at radius 2 is 2.42 bits per heavy atom. The van der Waals surface area contributed by atoms with E-state index in [-0.39, 0.29) is 0 Å². The number of hydrogen-bond acceptors (Lipinski definition) is 5. The number of nitrogens with zero attached hydrogens (tertiary/aromatic N) is 4. The number of fused-ring (bicyclic) bond motifs is 1. The molecule has 1 aliphatic rings. The van der Waals surface area contributed by atoms with E-state index in [9.17, 15) is 0 Å². The minimum atomic E-state index is 0.405. The largest absolute Gasteiger partial charge is 0.384 e. The van der Waals surface area contributed by atoms with E-state index in [4.69, 9.17) is 4.74 Å². The Morgan fingerprint density at radius 3 is 3.16 bits per heavy atom. The Hall–Kier alpha value is -1.24. The monoisotopic (exact) mass is 278 g/mol. The molecule has 2 aromatic rings. The third-order valence-corrected chi connectivity index (χ3v) is 4.20. The lowest BCUT2D eigenvalue weighted by Gasteiger charge is -2.31. The third-order valence-electron chi connectivity index (χ3n) is 3.44. The molecule has 1 unspecified atom stereocenters. The van der Waals surface area contributed by atoms with Gasteiger partial charge in [-0.05, 0) is 0 Å². The van der Waals surface area contributed by atoms with Crippen molar-refractivity contribution in [2.24, 2.45) is 7.05 Å². The summed E-state index contributed by atoms with van der Waals surface area (Å²) >= 11 is 1.71. The molecule has 3 heterocycles. The van der Waals surface area contributed by atoms with Crippen molar-refractivity contribution in [3.63, 3.8) is 0 Å². The maximum Gasteiger partial charge on any atom is 0.107 e. The third kappa shape index (κ3) is 2.70. The van der Waals surface area contributed by atoms with E-state index in [0.717, 1.165) is 31.2 Å². The number of aryl methyl sites for hydroxylation is 1. The maximum atomic E-state index is 5.35. The molecule has 0 N–H and O–H groups in total. The van der Waals surface area contributed by atoms with Crippen LogP contribution in [0, 0.1) is 0 Å². The van der Waals surface area contributed by atoms with Gasteiger partial charge < -0.3 is 4.74 Å². The molecule has 0 aliphatic carbocycles. The fourth-order valence-electron chi connectivity index (χ4n) is 2.69. The molecule has 5 nitrogen and oxygen atoms in total. The van der Waals surface area contributed by atoms with Crippen LogP contribution in [0.25, 0.3) is 0 Å². The number of thiazole rings is 1. The first-order valence-corrected chi connectivity index (χ1v) is 7.26. The molecular weight excluding hydrogens is 260 g/mol. The number of hydrogen-bond donors (Lipinski definition) is 0. The van der Waals surface area contributed by atoms with Gasteiger partial charge in [-0.3, -0.25) is 9.58 Å². The Kier molecular flexibility index (Phi) is 3.63. The molecule has 1 aliphatic heterocycles. The fourth-order valence-corrected chi connectivity index (χ4v) is 3.35. The van der Waals surface area contributed by atoms with E-state index < -0.39 is 0 Å². The molecular formula is C13H18N4OS. The van der Waals surface area contributed by atoms with Gasteiger partial charge in [-0.1, -0.05) is 0 Å². The Balaban J connectivity index is 1.79. The molecule has 0 fully saturated rings. The number of ether oxygens (including phenoxy) is 1. The van der Waals surface area contributed by atoms with Gasteiger partial charge >= 0.3 is 0 Å². The summed E-state index contributed by atoms with van der Waals surface area (Å²) in [4.78, 5) is 6.76. The maximum absolute atomic E-state index is 5.35. The van der Waals surface area contributed by atoms with Gasteiger partial charge in [0.2, 0.25) is 0 Å². The predicted molar refractivity (Wildman–Crippen MR) is 74.1 cm³/mol. The van der Waals surface area contributed by atoms with Crippen LogP contribution in [0.2, 0.25) is 0 Å². The highest BCUT2D eigenvalue weighted by Crippen LogP contribution is 2.28. The number of rotatable bonds is 4. The van der Waals surface area contributed by atoms with E-state index in [0.29, 0.717) is 5.92 Å². The molecule has 0 saturated heterocycles. The summed E-state index contributed by atoms with van der Waals surface area (Å²) in [5, 5.41) is 7.75. The Morgan fingerprint density at radius 1 is 1.53 bits per heavy atom. The van der Waals surface area contributed by atoms with Crippen LogP contribution in [0.4, 0.5) is 0 Å². The molecule has 0 amide bonds. The van der Waals surface area contributed by atoms with Crippen molar-refractivity contribution in [1.29, 1.82) is 0 Å². The van der Waals surface area contributed by atoms with Gasteiger partial charge in [0, 0.05) is 56.5 Å². The molecule has 0 spiro atoms. The van der Waals surface area contributed by atoms with E-state index >= 15 is 0 Å². The SMILES string of the molecule is COCC1CN(Cc2nccs2)Cc2nn(C)cc21. The van der Waals surface area contributed by atoms with Crippen LogP contribution < -0.4 is 0 Å². The summed E-state index contributed by atoms with van der Waals surface area (Å²) in [6, 6.07) is 0. The van der Waals surface area contributed by atoms with Gasteiger partial charge in [-0.15, -0.1) is 11.3 Å². The summed E-state index contributed by atoms with van der Waals surface area (Å²) in [6.07, 6.45) is 3.99. The van der Waals surface area contributed by atoms with Crippen molar-refractivity contribution in [1.82, 2.24) is 19.7 Å². The van der Waals surface area contributed by atoms with E-state index in [1.54, 1.807) is 18.4 Å². The van der Waals surface area contributed by atoms with Crippen LogP contribution >= 0.6 is 11.3 Å². The van der Waals surface area contributed by atoms with Gasteiger partial charge in [0.15, 0.2) is 0 Å². The van der Waals surface area contributed by atoms with Crippen molar-refractivity contribution < 1.29 is 4.74 Å². The fraction of sp³-hybridized carbons (Fsp3) is 0.538. The zero-order chi connectivity index (χ0) is 13.2. The smallest absolute Gasteiger partial charge is 0.107 e. The zero-order valence-electron chi connectivity index (χ0n) is 11.2. The Labute approximate surface area is 116 Å². The lowest BCUT2D eigenvalue weighted by atomic mass is 9.96. The first-order chi connectivity index (χ1) is 9.26. The second kappa shape index (κ2) is 5.40. The minimum absolute atomic E-state index is 0.405. The van der Waals surface area contributed by atoms with Crippen LogP contribution in [0.3, 0.4) is 0 Å². The van der Waals surface area contributed by atoms with Crippen LogP contribution in [0.1, 0.15) is 22.2 Å². The number of aromatic nitrogens is 3. The van der Waals surface area contributed by atoms with Crippen molar-refractivity contribution in [3.8, 4) is 0 Å². The normalized spacial score (nSPS) is 19.6. The molecule has 1 atom stereocenters. The van der Waals surface area contributed by atoms with Crippen molar-refractivity contribution >= 4 is 11.3 Å². The molecule has 102 valence electrons. The first kappa shape index (κ1) is 12.8. The lowest BCUT2D eigenvalue weighted by Crippen LogP contribution is -2.34. The topological polar surface area (TPSA) is 43.2 Å². The molecule has 0 radical (unpaired) electrons. The number of methoxy groups -OCH3 is 1. The van der Waals surface area contributed by atoms with Gasteiger partial charge in [0.25, 0.3) is 0 Å². The highest BCUT2D eigenvalue weighted by molar-refractivity contribution is 7.09. The zero-order valence-corrected chi connectivity index (χ0v) is 12.1. The second-order valence-corrected chi connectivity index (χ2v) is 5.93. The Bertz CT molecular complexity index is 537.